The summed E-state index contributed by atoms with van der Waals surface area (Å²) in [7, 11) is 1.60. The minimum absolute atomic E-state index is 0.262. The van der Waals surface area contributed by atoms with E-state index < -0.39 is 0 Å². The van der Waals surface area contributed by atoms with Crippen LogP contribution in [0.4, 0.5) is 5.69 Å². The Balaban J connectivity index is 1.78. The van der Waals surface area contributed by atoms with E-state index in [1.807, 2.05) is 30.5 Å². The highest BCUT2D eigenvalue weighted by molar-refractivity contribution is 7.98. The summed E-state index contributed by atoms with van der Waals surface area (Å²) in [5, 5.41) is 15.2. The molecule has 0 fully saturated rings. The molecule has 0 aliphatic carbocycles. The Morgan fingerprint density at radius 2 is 2.04 bits per heavy atom. The number of nitrogens with one attached hydrogen (secondary N) is 1. The third kappa shape index (κ3) is 4.63. The molecule has 0 saturated heterocycles. The minimum Gasteiger partial charge on any atom is -0.490 e. The number of nitrogens with zero attached hydrogens (tertiary/aromatic N) is 4. The topological polar surface area (TPSA) is 91.2 Å². The molecule has 1 heterocycles. The van der Waals surface area contributed by atoms with E-state index in [-0.39, 0.29) is 5.91 Å². The lowest BCUT2D eigenvalue weighted by Crippen LogP contribution is -2.15. The molecular weight excluding hydrogens is 366 g/mol. The van der Waals surface area contributed by atoms with Gasteiger partial charge in [-0.3, -0.25) is 4.79 Å². The average Bonchev–Trinajstić information content (AvgIpc) is 3.17. The third-order valence-electron chi connectivity index (χ3n) is 3.65. The van der Waals surface area contributed by atoms with Crippen LogP contribution in [0, 0.1) is 0 Å². The SMILES string of the molecule is COCCOc1ccccc1C(=O)Nc1cccc(-n2nnnc2SC)c1. The number of ether oxygens (including phenoxy) is 2. The van der Waals surface area contributed by atoms with Gasteiger partial charge >= 0.3 is 0 Å². The van der Waals surface area contributed by atoms with Gasteiger partial charge in [-0.2, -0.15) is 4.68 Å². The van der Waals surface area contributed by atoms with Gasteiger partial charge in [0.25, 0.3) is 5.91 Å². The van der Waals surface area contributed by atoms with Gasteiger partial charge in [0.15, 0.2) is 0 Å². The van der Waals surface area contributed by atoms with Crippen molar-refractivity contribution in [3.05, 3.63) is 54.1 Å². The Kier molecular flexibility index (Phi) is 6.39. The Morgan fingerprint density at radius 3 is 2.85 bits per heavy atom. The van der Waals surface area contributed by atoms with Crippen LogP contribution < -0.4 is 10.1 Å². The first-order chi connectivity index (χ1) is 13.2. The molecule has 8 nitrogen and oxygen atoms in total. The van der Waals surface area contributed by atoms with E-state index in [9.17, 15) is 4.79 Å². The van der Waals surface area contributed by atoms with Gasteiger partial charge in [-0.15, -0.1) is 5.10 Å². The minimum atomic E-state index is -0.262. The molecule has 0 aliphatic heterocycles. The lowest BCUT2D eigenvalue weighted by molar-refractivity contribution is 0.101. The highest BCUT2D eigenvalue weighted by Gasteiger charge is 2.13. The van der Waals surface area contributed by atoms with Crippen LogP contribution in [0.2, 0.25) is 0 Å². The van der Waals surface area contributed by atoms with Crippen molar-refractivity contribution in [3.8, 4) is 11.4 Å². The molecule has 0 spiro atoms. The molecule has 0 bridgehead atoms. The molecule has 3 aromatic rings. The lowest BCUT2D eigenvalue weighted by Gasteiger charge is -2.12. The molecule has 140 valence electrons. The second-order valence-electron chi connectivity index (χ2n) is 5.42. The molecule has 1 N–H and O–H groups in total. The van der Waals surface area contributed by atoms with Crippen LogP contribution in [0.15, 0.2) is 53.7 Å². The molecule has 9 heteroatoms. The molecule has 0 unspecified atom stereocenters. The summed E-state index contributed by atoms with van der Waals surface area (Å²) in [6.07, 6.45) is 1.90. The molecule has 1 aromatic heterocycles. The number of carbonyl (C=O) groups is 1. The van der Waals surface area contributed by atoms with Crippen molar-refractivity contribution in [2.24, 2.45) is 0 Å². The van der Waals surface area contributed by atoms with Crippen molar-refractivity contribution in [1.29, 1.82) is 0 Å². The fourth-order valence-corrected chi connectivity index (χ4v) is 2.83. The quantitative estimate of drug-likeness (QED) is 0.471. The van der Waals surface area contributed by atoms with Gasteiger partial charge in [-0.25, -0.2) is 0 Å². The second-order valence-corrected chi connectivity index (χ2v) is 6.19. The highest BCUT2D eigenvalue weighted by atomic mass is 32.2. The molecule has 1 amide bonds. The second kappa shape index (κ2) is 9.15. The Bertz CT molecular complexity index is 915. The number of hydrogen-bond acceptors (Lipinski definition) is 7. The first-order valence-electron chi connectivity index (χ1n) is 8.18. The maximum absolute atomic E-state index is 12.7. The summed E-state index contributed by atoms with van der Waals surface area (Å²) >= 11 is 1.44. The van der Waals surface area contributed by atoms with Crippen LogP contribution in [0.1, 0.15) is 10.4 Å². The van der Waals surface area contributed by atoms with Crippen LogP contribution in [-0.2, 0) is 4.74 Å². The van der Waals surface area contributed by atoms with Gasteiger partial charge in [0.05, 0.1) is 17.9 Å². The maximum Gasteiger partial charge on any atom is 0.259 e. The van der Waals surface area contributed by atoms with Gasteiger partial charge in [0.1, 0.15) is 12.4 Å². The van der Waals surface area contributed by atoms with Crippen molar-refractivity contribution >= 4 is 23.4 Å². The van der Waals surface area contributed by atoms with Gasteiger partial charge in [-0.05, 0) is 47.0 Å². The van der Waals surface area contributed by atoms with E-state index in [1.165, 1.54) is 11.8 Å². The number of rotatable bonds is 8. The van der Waals surface area contributed by atoms with Crippen molar-refractivity contribution < 1.29 is 14.3 Å². The normalized spacial score (nSPS) is 10.6. The van der Waals surface area contributed by atoms with Gasteiger partial charge in [-0.1, -0.05) is 30.0 Å². The maximum atomic E-state index is 12.7. The largest absolute Gasteiger partial charge is 0.490 e. The van der Waals surface area contributed by atoms with E-state index in [2.05, 4.69) is 20.8 Å². The van der Waals surface area contributed by atoms with Crippen molar-refractivity contribution in [2.75, 3.05) is 31.9 Å². The van der Waals surface area contributed by atoms with E-state index >= 15 is 0 Å². The number of carbonyl (C=O) groups excluding carboxylic acids is 1. The Morgan fingerprint density at radius 1 is 1.19 bits per heavy atom. The number of tetrazole rings is 1. The summed E-state index contributed by atoms with van der Waals surface area (Å²) in [6, 6.07) is 14.4. The molecular formula is C18H19N5O3S. The van der Waals surface area contributed by atoms with Crippen molar-refractivity contribution in [1.82, 2.24) is 20.2 Å². The molecule has 3 rings (SSSR count). The Hall–Kier alpha value is -2.91. The summed E-state index contributed by atoms with van der Waals surface area (Å²) in [6.45, 7) is 0.814. The van der Waals surface area contributed by atoms with Crippen LogP contribution in [0.3, 0.4) is 0 Å². The van der Waals surface area contributed by atoms with E-state index in [4.69, 9.17) is 9.47 Å². The molecule has 2 aromatic carbocycles. The number of anilines is 1. The average molecular weight is 385 g/mol. The molecule has 0 aliphatic rings. The first kappa shape index (κ1) is 18.9. The molecule has 27 heavy (non-hydrogen) atoms. The summed E-state index contributed by atoms with van der Waals surface area (Å²) in [5.41, 5.74) is 1.84. The standard InChI is InChI=1S/C18H19N5O3S/c1-25-10-11-26-16-9-4-3-8-15(16)17(24)19-13-6-5-7-14(12-13)23-18(27-2)20-21-22-23/h3-9,12H,10-11H2,1-2H3,(H,19,24). The summed E-state index contributed by atoms with van der Waals surface area (Å²) in [4.78, 5) is 12.7. The van der Waals surface area contributed by atoms with Gasteiger partial charge < -0.3 is 14.8 Å². The fourth-order valence-electron chi connectivity index (χ4n) is 2.40. The predicted molar refractivity (Wildman–Crippen MR) is 103 cm³/mol. The number of methoxy groups -OCH3 is 1. The smallest absolute Gasteiger partial charge is 0.259 e. The molecule has 0 saturated carbocycles. The Labute approximate surface area is 160 Å². The molecule has 0 atom stereocenters. The third-order valence-corrected chi connectivity index (χ3v) is 4.27. The number of para-hydroxylation sites is 1. The van der Waals surface area contributed by atoms with E-state index in [1.54, 1.807) is 36.1 Å². The van der Waals surface area contributed by atoms with E-state index in [0.29, 0.717) is 35.4 Å². The summed E-state index contributed by atoms with van der Waals surface area (Å²) < 4.78 is 12.2. The van der Waals surface area contributed by atoms with Crippen LogP contribution in [0.5, 0.6) is 5.75 Å². The lowest BCUT2D eigenvalue weighted by atomic mass is 10.2. The molecule has 0 radical (unpaired) electrons. The number of benzene rings is 2. The summed E-state index contributed by atoms with van der Waals surface area (Å²) in [5.74, 6) is 0.246. The van der Waals surface area contributed by atoms with Crippen LogP contribution >= 0.6 is 11.8 Å². The predicted octanol–water partition coefficient (Wildman–Crippen LogP) is 2.66. The number of hydrogen-bond donors (Lipinski definition) is 1. The zero-order valence-corrected chi connectivity index (χ0v) is 15.8. The van der Waals surface area contributed by atoms with Crippen molar-refractivity contribution in [2.45, 2.75) is 5.16 Å². The number of thioether (sulfide) groups is 1. The van der Waals surface area contributed by atoms with Crippen LogP contribution in [0.25, 0.3) is 5.69 Å². The van der Waals surface area contributed by atoms with Crippen LogP contribution in [-0.4, -0.2) is 52.7 Å². The number of aromatic nitrogens is 4. The zero-order valence-electron chi connectivity index (χ0n) is 15.0. The van der Waals surface area contributed by atoms with Gasteiger partial charge in [0.2, 0.25) is 5.16 Å². The monoisotopic (exact) mass is 385 g/mol. The van der Waals surface area contributed by atoms with Gasteiger partial charge in [0, 0.05) is 12.8 Å². The first-order valence-corrected chi connectivity index (χ1v) is 9.40. The highest BCUT2D eigenvalue weighted by Crippen LogP contribution is 2.22. The van der Waals surface area contributed by atoms with E-state index in [0.717, 1.165) is 5.69 Å². The van der Waals surface area contributed by atoms with Crippen molar-refractivity contribution in [3.63, 3.8) is 0 Å². The zero-order chi connectivity index (χ0) is 19.1. The fraction of sp³-hybridized carbons (Fsp3) is 0.222. The number of amides is 1.